The Morgan fingerprint density at radius 1 is 1.17 bits per heavy atom. The normalized spacial score (nSPS) is 16.3. The summed E-state index contributed by atoms with van der Waals surface area (Å²) in [5.41, 5.74) is 2.89. The molecule has 0 atom stereocenters. The first-order valence-corrected chi connectivity index (χ1v) is 8.38. The van der Waals surface area contributed by atoms with Gasteiger partial charge in [-0.15, -0.1) is 0 Å². The van der Waals surface area contributed by atoms with E-state index in [4.69, 9.17) is 27.9 Å². The summed E-state index contributed by atoms with van der Waals surface area (Å²) < 4.78 is 7.22. The van der Waals surface area contributed by atoms with E-state index in [1.165, 1.54) is 0 Å². The number of morpholine rings is 1. The van der Waals surface area contributed by atoms with Gasteiger partial charge in [-0.25, -0.2) is 4.68 Å². The molecule has 0 amide bonds. The number of nitrogens with zero attached hydrogens (tertiary/aromatic N) is 3. The van der Waals surface area contributed by atoms with Crippen LogP contribution in [-0.2, 0) is 4.74 Å². The van der Waals surface area contributed by atoms with Gasteiger partial charge in [0.2, 0.25) is 0 Å². The first-order chi connectivity index (χ1) is 11.1. The van der Waals surface area contributed by atoms with Crippen molar-refractivity contribution in [3.63, 3.8) is 0 Å². The molecule has 1 saturated heterocycles. The lowest BCUT2D eigenvalue weighted by molar-refractivity contribution is 0.0435. The van der Waals surface area contributed by atoms with Crippen molar-refractivity contribution in [2.75, 3.05) is 32.8 Å². The maximum absolute atomic E-state index is 6.09. The second-order valence-corrected chi connectivity index (χ2v) is 6.35. The molecule has 1 aromatic carbocycles. The van der Waals surface area contributed by atoms with E-state index in [-0.39, 0.29) is 0 Å². The van der Waals surface area contributed by atoms with Gasteiger partial charge in [0.05, 0.1) is 34.6 Å². The van der Waals surface area contributed by atoms with Crippen molar-refractivity contribution in [3.05, 3.63) is 51.8 Å². The Morgan fingerprint density at radius 2 is 1.96 bits per heavy atom. The summed E-state index contributed by atoms with van der Waals surface area (Å²) in [5.74, 6) is 0. The van der Waals surface area contributed by atoms with Gasteiger partial charge in [0.25, 0.3) is 0 Å². The average molecular weight is 352 g/mol. The van der Waals surface area contributed by atoms with Gasteiger partial charge in [-0.2, -0.15) is 5.10 Å². The van der Waals surface area contributed by atoms with E-state index in [0.717, 1.165) is 49.9 Å². The molecule has 4 nitrogen and oxygen atoms in total. The molecule has 1 aromatic heterocycles. The molecule has 23 heavy (non-hydrogen) atoms. The molecule has 2 aromatic rings. The molecule has 0 saturated carbocycles. The monoisotopic (exact) mass is 351 g/mol. The largest absolute Gasteiger partial charge is 0.379 e. The summed E-state index contributed by atoms with van der Waals surface area (Å²) in [4.78, 5) is 2.36. The van der Waals surface area contributed by atoms with E-state index in [0.29, 0.717) is 10.0 Å². The number of halogens is 2. The molecular formula is C17H19Cl2N3O. The average Bonchev–Trinajstić information content (AvgIpc) is 2.92. The summed E-state index contributed by atoms with van der Waals surface area (Å²) >= 11 is 12.1. The van der Waals surface area contributed by atoms with Gasteiger partial charge in [0.15, 0.2) is 0 Å². The zero-order valence-corrected chi connectivity index (χ0v) is 14.5. The first-order valence-electron chi connectivity index (χ1n) is 7.62. The van der Waals surface area contributed by atoms with E-state index in [1.54, 1.807) is 6.07 Å². The van der Waals surface area contributed by atoms with E-state index >= 15 is 0 Å². The quantitative estimate of drug-likeness (QED) is 0.838. The van der Waals surface area contributed by atoms with Crippen molar-refractivity contribution >= 4 is 29.3 Å². The fraction of sp³-hybridized carbons (Fsp3) is 0.353. The lowest BCUT2D eigenvalue weighted by Crippen LogP contribution is -2.36. The van der Waals surface area contributed by atoms with Gasteiger partial charge >= 0.3 is 0 Å². The van der Waals surface area contributed by atoms with Crippen molar-refractivity contribution in [3.8, 4) is 5.69 Å². The fourth-order valence-corrected chi connectivity index (χ4v) is 2.86. The third-order valence-corrected chi connectivity index (χ3v) is 4.55. The molecule has 0 radical (unpaired) electrons. The first kappa shape index (κ1) is 16.5. The molecule has 0 bridgehead atoms. The van der Waals surface area contributed by atoms with Gasteiger partial charge in [-0.3, -0.25) is 4.90 Å². The molecule has 1 aliphatic heterocycles. The molecule has 0 N–H and O–H groups in total. The van der Waals surface area contributed by atoms with Crippen LogP contribution in [0.4, 0.5) is 0 Å². The van der Waals surface area contributed by atoms with E-state index in [1.807, 2.05) is 23.7 Å². The molecule has 0 spiro atoms. The maximum Gasteiger partial charge on any atom is 0.0855 e. The molecule has 2 heterocycles. The van der Waals surface area contributed by atoms with E-state index in [9.17, 15) is 0 Å². The molecule has 3 rings (SSSR count). The molecule has 122 valence electrons. The number of aromatic nitrogens is 2. The Bertz CT molecular complexity index is 706. The van der Waals surface area contributed by atoms with Crippen molar-refractivity contribution in [1.29, 1.82) is 0 Å². The van der Waals surface area contributed by atoms with Crippen LogP contribution in [0.25, 0.3) is 11.8 Å². The Hall–Kier alpha value is -1.33. The van der Waals surface area contributed by atoms with E-state index in [2.05, 4.69) is 28.2 Å². The minimum Gasteiger partial charge on any atom is -0.379 e. The van der Waals surface area contributed by atoms with Crippen molar-refractivity contribution in [1.82, 2.24) is 14.7 Å². The Kier molecular flexibility index (Phi) is 5.38. The van der Waals surface area contributed by atoms with Crippen LogP contribution in [0.15, 0.2) is 30.3 Å². The highest BCUT2D eigenvalue weighted by Gasteiger charge is 2.09. The van der Waals surface area contributed by atoms with Crippen LogP contribution in [0.2, 0.25) is 10.0 Å². The zero-order valence-electron chi connectivity index (χ0n) is 13.0. The van der Waals surface area contributed by atoms with Crippen molar-refractivity contribution < 1.29 is 4.74 Å². The molecule has 1 aliphatic rings. The summed E-state index contributed by atoms with van der Waals surface area (Å²) in [6.07, 6.45) is 4.20. The van der Waals surface area contributed by atoms with Crippen LogP contribution in [0.1, 0.15) is 11.4 Å². The number of aryl methyl sites for hydroxylation is 1. The lowest BCUT2D eigenvalue weighted by atomic mass is 10.3. The van der Waals surface area contributed by atoms with Gasteiger partial charge in [-0.05, 0) is 37.3 Å². The summed E-state index contributed by atoms with van der Waals surface area (Å²) in [7, 11) is 0. The maximum atomic E-state index is 6.09. The second kappa shape index (κ2) is 7.49. The predicted molar refractivity (Wildman–Crippen MR) is 94.6 cm³/mol. The SMILES string of the molecule is Cc1cc(/C=C/CN2CCOCC2)nn1-c1ccc(Cl)c(Cl)c1. The van der Waals surface area contributed by atoms with Crippen LogP contribution in [0.3, 0.4) is 0 Å². The number of benzene rings is 1. The minimum atomic E-state index is 0.531. The molecule has 0 unspecified atom stereocenters. The highest BCUT2D eigenvalue weighted by molar-refractivity contribution is 6.42. The van der Waals surface area contributed by atoms with E-state index < -0.39 is 0 Å². The lowest BCUT2D eigenvalue weighted by Gasteiger charge is -2.24. The standard InChI is InChI=1S/C17H19Cl2N3O/c1-13-11-14(3-2-6-21-7-9-23-10-8-21)20-22(13)15-4-5-16(18)17(19)12-15/h2-5,11-12H,6-10H2,1H3/b3-2+. The van der Waals surface area contributed by atoms with Crippen molar-refractivity contribution in [2.45, 2.75) is 6.92 Å². The van der Waals surface area contributed by atoms with Crippen LogP contribution < -0.4 is 0 Å². The summed E-state index contributed by atoms with van der Waals surface area (Å²) in [6, 6.07) is 7.58. The fourth-order valence-electron chi connectivity index (χ4n) is 2.56. The van der Waals surface area contributed by atoms with Gasteiger partial charge in [0, 0.05) is 25.3 Å². The molecule has 6 heteroatoms. The zero-order chi connectivity index (χ0) is 16.2. The molecular weight excluding hydrogens is 333 g/mol. The topological polar surface area (TPSA) is 30.3 Å². The van der Waals surface area contributed by atoms with Crippen LogP contribution in [0, 0.1) is 6.92 Å². The van der Waals surface area contributed by atoms with Crippen LogP contribution in [0.5, 0.6) is 0 Å². The number of hydrogen-bond acceptors (Lipinski definition) is 3. The second-order valence-electron chi connectivity index (χ2n) is 5.54. The van der Waals surface area contributed by atoms with Crippen LogP contribution >= 0.6 is 23.2 Å². The van der Waals surface area contributed by atoms with Gasteiger partial charge in [-0.1, -0.05) is 29.3 Å². The van der Waals surface area contributed by atoms with Crippen molar-refractivity contribution in [2.24, 2.45) is 0 Å². The predicted octanol–water partition coefficient (Wildman–Crippen LogP) is 3.83. The Balaban J connectivity index is 1.71. The third kappa shape index (κ3) is 4.15. The highest BCUT2D eigenvalue weighted by Crippen LogP contribution is 2.25. The van der Waals surface area contributed by atoms with Gasteiger partial charge in [0.1, 0.15) is 0 Å². The van der Waals surface area contributed by atoms with Crippen LogP contribution in [-0.4, -0.2) is 47.5 Å². The number of hydrogen-bond donors (Lipinski definition) is 0. The summed E-state index contributed by atoms with van der Waals surface area (Å²) in [5, 5.41) is 5.70. The number of ether oxygens (including phenoxy) is 1. The molecule has 0 aliphatic carbocycles. The molecule has 1 fully saturated rings. The van der Waals surface area contributed by atoms with Gasteiger partial charge < -0.3 is 4.74 Å². The summed E-state index contributed by atoms with van der Waals surface area (Å²) in [6.45, 7) is 6.55. The third-order valence-electron chi connectivity index (χ3n) is 3.81. The number of rotatable bonds is 4. The minimum absolute atomic E-state index is 0.531. The highest BCUT2D eigenvalue weighted by atomic mass is 35.5. The smallest absolute Gasteiger partial charge is 0.0855 e. The Labute approximate surface area is 146 Å². The Morgan fingerprint density at radius 3 is 2.70 bits per heavy atom.